The van der Waals surface area contributed by atoms with Crippen LogP contribution in [0.2, 0.25) is 0 Å². The van der Waals surface area contributed by atoms with Gasteiger partial charge in [-0.05, 0) is 41.0 Å². The third-order valence-corrected chi connectivity index (χ3v) is 3.66. The van der Waals surface area contributed by atoms with E-state index in [9.17, 15) is 4.79 Å². The maximum absolute atomic E-state index is 11.4. The van der Waals surface area contributed by atoms with Crippen LogP contribution in [-0.2, 0) is 6.61 Å². The molecule has 0 aliphatic rings. The predicted molar refractivity (Wildman–Crippen MR) is 92.4 cm³/mol. The summed E-state index contributed by atoms with van der Waals surface area (Å²) in [6.45, 7) is 0.473. The summed E-state index contributed by atoms with van der Waals surface area (Å²) in [6.07, 6.45) is 2.49. The Bertz CT molecular complexity index is 831. The molecule has 1 heterocycles. The highest BCUT2D eigenvalue weighted by molar-refractivity contribution is 5.88. The van der Waals surface area contributed by atoms with E-state index >= 15 is 0 Å². The maximum Gasteiger partial charge on any atom is 0.213 e. The van der Waals surface area contributed by atoms with Crippen molar-refractivity contribution in [3.05, 3.63) is 78.0 Å². The summed E-state index contributed by atoms with van der Waals surface area (Å²) < 4.78 is 11.0. The molecular formula is C20H17NO3. The van der Waals surface area contributed by atoms with Gasteiger partial charge in [0.1, 0.15) is 12.4 Å². The molecule has 0 saturated heterocycles. The van der Waals surface area contributed by atoms with Gasteiger partial charge in [0.25, 0.3) is 0 Å². The number of ether oxygens (including phenoxy) is 2. The third-order valence-electron chi connectivity index (χ3n) is 3.66. The number of benzene rings is 2. The van der Waals surface area contributed by atoms with Crippen LogP contribution in [0.15, 0.2) is 66.9 Å². The lowest BCUT2D eigenvalue weighted by Gasteiger charge is -2.11. The van der Waals surface area contributed by atoms with Crippen molar-refractivity contribution in [2.75, 3.05) is 7.11 Å². The summed E-state index contributed by atoms with van der Waals surface area (Å²) >= 11 is 0. The summed E-state index contributed by atoms with van der Waals surface area (Å²) in [7, 11) is 1.56. The minimum atomic E-state index is 0.473. The van der Waals surface area contributed by atoms with Gasteiger partial charge in [-0.25, -0.2) is 4.98 Å². The van der Waals surface area contributed by atoms with Crippen LogP contribution in [0.3, 0.4) is 0 Å². The van der Waals surface area contributed by atoms with Gasteiger partial charge in [-0.3, -0.25) is 4.79 Å². The van der Waals surface area contributed by atoms with E-state index in [-0.39, 0.29) is 0 Å². The minimum absolute atomic E-state index is 0.473. The van der Waals surface area contributed by atoms with Crippen molar-refractivity contribution in [1.29, 1.82) is 0 Å². The Morgan fingerprint density at radius 3 is 2.62 bits per heavy atom. The highest BCUT2D eigenvalue weighted by Gasteiger charge is 2.08. The monoisotopic (exact) mass is 319 g/mol. The van der Waals surface area contributed by atoms with Crippen LogP contribution in [0, 0.1) is 0 Å². The lowest BCUT2D eigenvalue weighted by molar-refractivity contribution is 0.112. The van der Waals surface area contributed by atoms with E-state index in [0.29, 0.717) is 23.8 Å². The Labute approximate surface area is 140 Å². The zero-order valence-corrected chi connectivity index (χ0v) is 13.3. The molecule has 0 aliphatic heterocycles. The molecule has 1 aromatic heterocycles. The second-order valence-corrected chi connectivity index (χ2v) is 5.23. The molecule has 0 spiro atoms. The van der Waals surface area contributed by atoms with Gasteiger partial charge in [0.2, 0.25) is 5.88 Å². The first-order chi connectivity index (χ1) is 11.8. The molecule has 4 heteroatoms. The van der Waals surface area contributed by atoms with Gasteiger partial charge in [-0.2, -0.15) is 0 Å². The zero-order chi connectivity index (χ0) is 16.8. The molecule has 3 rings (SSSR count). The highest BCUT2D eigenvalue weighted by atomic mass is 16.5. The predicted octanol–water partition coefficient (Wildman–Crippen LogP) is 4.15. The van der Waals surface area contributed by atoms with Crippen molar-refractivity contribution in [2.24, 2.45) is 0 Å². The van der Waals surface area contributed by atoms with E-state index in [4.69, 9.17) is 9.47 Å². The molecule has 4 nitrogen and oxygen atoms in total. The van der Waals surface area contributed by atoms with Gasteiger partial charge in [0.15, 0.2) is 6.29 Å². The Hall–Kier alpha value is -3.14. The van der Waals surface area contributed by atoms with Gasteiger partial charge < -0.3 is 9.47 Å². The SMILES string of the molecule is COc1cc(-c2cc(OCc3ccccc3)ccc2C=O)ccn1. The first-order valence-electron chi connectivity index (χ1n) is 7.56. The van der Waals surface area contributed by atoms with Crippen LogP contribution in [-0.4, -0.2) is 18.4 Å². The molecule has 120 valence electrons. The van der Waals surface area contributed by atoms with Gasteiger partial charge in [-0.1, -0.05) is 30.3 Å². The van der Waals surface area contributed by atoms with Crippen molar-refractivity contribution >= 4 is 6.29 Å². The van der Waals surface area contributed by atoms with Crippen molar-refractivity contribution < 1.29 is 14.3 Å². The molecule has 0 fully saturated rings. The number of aldehydes is 1. The fourth-order valence-corrected chi connectivity index (χ4v) is 2.41. The lowest BCUT2D eigenvalue weighted by atomic mass is 10.0. The van der Waals surface area contributed by atoms with Crippen LogP contribution in [0.5, 0.6) is 11.6 Å². The van der Waals surface area contributed by atoms with Gasteiger partial charge in [0.05, 0.1) is 7.11 Å². The van der Waals surface area contributed by atoms with E-state index in [0.717, 1.165) is 23.0 Å². The zero-order valence-electron chi connectivity index (χ0n) is 13.3. The molecule has 24 heavy (non-hydrogen) atoms. The number of methoxy groups -OCH3 is 1. The van der Waals surface area contributed by atoms with Crippen LogP contribution in [0.4, 0.5) is 0 Å². The summed E-state index contributed by atoms with van der Waals surface area (Å²) in [6, 6.07) is 19.0. The Balaban J connectivity index is 1.89. The van der Waals surface area contributed by atoms with Crippen LogP contribution in [0.1, 0.15) is 15.9 Å². The van der Waals surface area contributed by atoms with Crippen LogP contribution < -0.4 is 9.47 Å². The van der Waals surface area contributed by atoms with Crippen LogP contribution in [0.25, 0.3) is 11.1 Å². The first-order valence-corrected chi connectivity index (χ1v) is 7.56. The van der Waals surface area contributed by atoms with Crippen molar-refractivity contribution in [1.82, 2.24) is 4.98 Å². The number of pyridine rings is 1. The van der Waals surface area contributed by atoms with Crippen molar-refractivity contribution in [2.45, 2.75) is 6.61 Å². The quantitative estimate of drug-likeness (QED) is 0.640. The smallest absolute Gasteiger partial charge is 0.213 e. The Morgan fingerprint density at radius 2 is 1.88 bits per heavy atom. The molecule has 3 aromatic rings. The highest BCUT2D eigenvalue weighted by Crippen LogP contribution is 2.29. The van der Waals surface area contributed by atoms with Gasteiger partial charge in [-0.15, -0.1) is 0 Å². The number of carbonyl (C=O) groups is 1. The van der Waals surface area contributed by atoms with Gasteiger partial charge in [0, 0.05) is 17.8 Å². The van der Waals surface area contributed by atoms with E-state index in [1.54, 1.807) is 31.5 Å². The van der Waals surface area contributed by atoms with E-state index < -0.39 is 0 Å². The fraction of sp³-hybridized carbons (Fsp3) is 0.100. The number of carbonyl (C=O) groups excluding carboxylic acids is 1. The summed E-state index contributed by atoms with van der Waals surface area (Å²) in [5.41, 5.74) is 3.32. The average molecular weight is 319 g/mol. The number of hydrogen-bond acceptors (Lipinski definition) is 4. The second-order valence-electron chi connectivity index (χ2n) is 5.23. The normalized spacial score (nSPS) is 10.2. The Kier molecular flexibility index (Phi) is 4.87. The molecule has 0 bridgehead atoms. The molecule has 0 amide bonds. The molecule has 0 radical (unpaired) electrons. The number of hydrogen-bond donors (Lipinski definition) is 0. The molecule has 2 aromatic carbocycles. The maximum atomic E-state index is 11.4. The Morgan fingerprint density at radius 1 is 1.04 bits per heavy atom. The number of rotatable bonds is 6. The minimum Gasteiger partial charge on any atom is -0.489 e. The largest absolute Gasteiger partial charge is 0.489 e. The van der Waals surface area contributed by atoms with Crippen molar-refractivity contribution in [3.63, 3.8) is 0 Å². The average Bonchev–Trinajstić information content (AvgIpc) is 2.67. The van der Waals surface area contributed by atoms with E-state index in [1.165, 1.54) is 0 Å². The summed E-state index contributed by atoms with van der Waals surface area (Å²) in [5.74, 6) is 1.20. The molecule has 0 aliphatic carbocycles. The van der Waals surface area contributed by atoms with Gasteiger partial charge >= 0.3 is 0 Å². The number of aromatic nitrogens is 1. The molecule has 0 unspecified atom stereocenters. The standard InChI is InChI=1S/C20H17NO3/c1-23-20-11-16(9-10-21-20)19-12-18(8-7-17(19)13-22)24-14-15-5-3-2-4-6-15/h2-13H,14H2,1H3. The second kappa shape index (κ2) is 7.42. The molecular weight excluding hydrogens is 302 g/mol. The topological polar surface area (TPSA) is 48.4 Å². The van der Waals surface area contributed by atoms with E-state index in [2.05, 4.69) is 4.98 Å². The van der Waals surface area contributed by atoms with Crippen molar-refractivity contribution in [3.8, 4) is 22.8 Å². The summed E-state index contributed by atoms with van der Waals surface area (Å²) in [5, 5.41) is 0. The summed E-state index contributed by atoms with van der Waals surface area (Å²) in [4.78, 5) is 15.5. The van der Waals surface area contributed by atoms with Crippen LogP contribution >= 0.6 is 0 Å². The first kappa shape index (κ1) is 15.7. The molecule has 0 saturated carbocycles. The molecule has 0 N–H and O–H groups in total. The van der Waals surface area contributed by atoms with E-state index in [1.807, 2.05) is 42.5 Å². The third kappa shape index (κ3) is 3.60. The lowest BCUT2D eigenvalue weighted by Crippen LogP contribution is -1.97. The number of nitrogens with zero attached hydrogens (tertiary/aromatic N) is 1. The fourth-order valence-electron chi connectivity index (χ4n) is 2.41. The molecule has 0 atom stereocenters.